The zero-order chi connectivity index (χ0) is 38.9. The summed E-state index contributed by atoms with van der Waals surface area (Å²) in [6.07, 6.45) is -11.0. The topological polar surface area (TPSA) is 43.4 Å². The van der Waals surface area contributed by atoms with Gasteiger partial charge in [-0.1, -0.05) is 59.6 Å². The monoisotopic (exact) mass is 874 g/mol. The standard InChI is InChI=1S/C28H26Cl2F14O3S4/c29-21-15(7-3-1-5-9-48-27(39,40)41)23(31)17(11-19(21)50(45)13-25(33,34)35)47-18-12-20(51(46)14-26(36,37)38)22(30)16(24(18)32)8-4-2-6-10-49-28(42,43)44/h11-12H,1-10,13-14H2. The molecule has 0 aliphatic heterocycles. The SMILES string of the molecule is O=S(CC(F)(F)F)c1cc(Oc2cc(S(=O)CC(F)(F)F)c(Cl)c(CCCCCSC(F)(F)F)c2F)c(F)c(CCCCCSC(F)(F)F)c1Cl. The number of alkyl halides is 12. The molecule has 2 rings (SSSR count). The summed E-state index contributed by atoms with van der Waals surface area (Å²) >= 11 is 11.6. The van der Waals surface area contributed by atoms with Gasteiger partial charge < -0.3 is 4.74 Å². The van der Waals surface area contributed by atoms with Crippen molar-refractivity contribution in [2.75, 3.05) is 23.0 Å². The van der Waals surface area contributed by atoms with Crippen LogP contribution in [0, 0.1) is 11.6 Å². The predicted molar refractivity (Wildman–Crippen MR) is 170 cm³/mol. The lowest BCUT2D eigenvalue weighted by Gasteiger charge is -2.19. The number of hydrogen-bond donors (Lipinski definition) is 0. The third-order valence-electron chi connectivity index (χ3n) is 6.42. The predicted octanol–water partition coefficient (Wildman–Crippen LogP) is 12.3. The Morgan fingerprint density at radius 3 is 1.20 bits per heavy atom. The van der Waals surface area contributed by atoms with Gasteiger partial charge >= 0.3 is 23.4 Å². The van der Waals surface area contributed by atoms with Crippen molar-refractivity contribution in [3.8, 4) is 11.5 Å². The normalized spacial score (nSPS) is 14.2. The summed E-state index contributed by atoms with van der Waals surface area (Å²) in [5, 5.41) is -1.50. The van der Waals surface area contributed by atoms with E-state index in [4.69, 9.17) is 27.9 Å². The van der Waals surface area contributed by atoms with E-state index in [0.29, 0.717) is 12.1 Å². The van der Waals surface area contributed by atoms with Gasteiger partial charge in [0, 0.05) is 34.8 Å². The van der Waals surface area contributed by atoms with Crippen LogP contribution in [0.4, 0.5) is 61.5 Å². The lowest BCUT2D eigenvalue weighted by atomic mass is 10.1. The number of ether oxygens (including phenoxy) is 1. The first-order valence-corrected chi connectivity index (χ1v) is 19.7. The highest BCUT2D eigenvalue weighted by atomic mass is 35.5. The number of hydrogen-bond acceptors (Lipinski definition) is 5. The number of thioether (sulfide) groups is 2. The summed E-state index contributed by atoms with van der Waals surface area (Å²) < 4.78 is 215. The average Bonchev–Trinajstić information content (AvgIpc) is 2.95. The van der Waals surface area contributed by atoms with E-state index in [0.717, 1.165) is 0 Å². The van der Waals surface area contributed by atoms with Gasteiger partial charge in [0.2, 0.25) is 0 Å². The van der Waals surface area contributed by atoms with Crippen LogP contribution in [0.25, 0.3) is 0 Å². The summed E-state index contributed by atoms with van der Waals surface area (Å²) in [5.74, 6) is -9.77. The molecule has 0 heterocycles. The fourth-order valence-electron chi connectivity index (χ4n) is 4.31. The first-order valence-electron chi connectivity index (χ1n) is 14.3. The van der Waals surface area contributed by atoms with Gasteiger partial charge in [0.15, 0.2) is 23.1 Å². The van der Waals surface area contributed by atoms with Crippen molar-refractivity contribution in [2.24, 2.45) is 0 Å². The lowest BCUT2D eigenvalue weighted by Crippen LogP contribution is -2.19. The van der Waals surface area contributed by atoms with Crippen LogP contribution in [-0.4, -0.2) is 54.8 Å². The van der Waals surface area contributed by atoms with Crippen LogP contribution in [0.3, 0.4) is 0 Å². The third kappa shape index (κ3) is 16.4. The molecule has 0 aliphatic carbocycles. The minimum atomic E-state index is -5.03. The molecule has 2 aromatic rings. The highest BCUT2D eigenvalue weighted by Crippen LogP contribution is 2.42. The van der Waals surface area contributed by atoms with Gasteiger partial charge in [-0.05, 0) is 38.5 Å². The maximum Gasteiger partial charge on any atom is 0.441 e. The molecule has 2 atom stereocenters. The Kier molecular flexibility index (Phi) is 17.5. The maximum atomic E-state index is 15.8. The maximum absolute atomic E-state index is 15.8. The zero-order valence-electron chi connectivity index (χ0n) is 25.5. The van der Waals surface area contributed by atoms with E-state index in [2.05, 4.69) is 0 Å². The molecule has 0 bridgehead atoms. The van der Waals surface area contributed by atoms with E-state index in [1.807, 2.05) is 0 Å². The Hall–Kier alpha value is -1.16. The molecule has 0 saturated carbocycles. The molecule has 51 heavy (non-hydrogen) atoms. The number of benzene rings is 2. The van der Waals surface area contributed by atoms with Crippen molar-refractivity contribution in [1.29, 1.82) is 0 Å². The van der Waals surface area contributed by atoms with Crippen molar-refractivity contribution in [3.63, 3.8) is 0 Å². The Morgan fingerprint density at radius 2 is 0.902 bits per heavy atom. The third-order valence-corrected chi connectivity index (χ3v) is 12.0. The number of halogens is 16. The largest absolute Gasteiger partial charge is 0.451 e. The number of unbranched alkanes of at least 4 members (excludes halogenated alkanes) is 4. The molecule has 23 heteroatoms. The van der Waals surface area contributed by atoms with Crippen molar-refractivity contribution in [2.45, 2.75) is 84.5 Å². The van der Waals surface area contributed by atoms with Crippen LogP contribution in [0.5, 0.6) is 11.5 Å². The quantitative estimate of drug-likeness (QED) is 0.110. The highest BCUT2D eigenvalue weighted by Gasteiger charge is 2.35. The first-order chi connectivity index (χ1) is 23.3. The van der Waals surface area contributed by atoms with Crippen LogP contribution in [0.1, 0.15) is 49.7 Å². The van der Waals surface area contributed by atoms with Gasteiger partial charge in [0.05, 0.1) is 41.4 Å². The molecule has 2 aromatic carbocycles. The Labute approximate surface area is 305 Å². The summed E-state index contributed by atoms with van der Waals surface area (Å²) in [6, 6.07) is 0.892. The van der Waals surface area contributed by atoms with Crippen LogP contribution >= 0.6 is 46.7 Å². The molecule has 0 radical (unpaired) electrons. The van der Waals surface area contributed by atoms with Crippen LogP contribution in [0.2, 0.25) is 10.0 Å². The van der Waals surface area contributed by atoms with E-state index in [1.165, 1.54) is 0 Å². The molecular formula is C28H26Cl2F14O3S4. The summed E-state index contributed by atoms with van der Waals surface area (Å²) in [6.45, 7) is 0. The van der Waals surface area contributed by atoms with E-state index in [1.54, 1.807) is 0 Å². The Balaban J connectivity index is 2.56. The molecular weight excluding hydrogens is 849 g/mol. The zero-order valence-corrected chi connectivity index (χ0v) is 30.3. The summed E-state index contributed by atoms with van der Waals surface area (Å²) in [5.41, 5.74) is -10.2. The summed E-state index contributed by atoms with van der Waals surface area (Å²) in [7, 11) is -6.03. The van der Waals surface area contributed by atoms with Gasteiger partial charge in [-0.25, -0.2) is 8.78 Å². The van der Waals surface area contributed by atoms with E-state index >= 15 is 8.78 Å². The first kappa shape index (κ1) is 46.0. The van der Waals surface area contributed by atoms with Gasteiger partial charge in [0.25, 0.3) is 0 Å². The molecule has 0 saturated heterocycles. The fraction of sp³-hybridized carbons (Fsp3) is 0.571. The molecule has 0 N–H and O–H groups in total. The molecule has 0 spiro atoms. The molecule has 0 aromatic heterocycles. The van der Waals surface area contributed by atoms with Gasteiger partial charge in [-0.15, -0.1) is 0 Å². The minimum absolute atomic E-state index is 0.0236. The molecule has 2 unspecified atom stereocenters. The van der Waals surface area contributed by atoms with Crippen LogP contribution < -0.4 is 4.74 Å². The Morgan fingerprint density at radius 1 is 0.569 bits per heavy atom. The van der Waals surface area contributed by atoms with Gasteiger partial charge in [-0.3, -0.25) is 8.42 Å². The minimum Gasteiger partial charge on any atom is -0.451 e. The van der Waals surface area contributed by atoms with Crippen molar-refractivity contribution < 1.29 is 74.6 Å². The lowest BCUT2D eigenvalue weighted by molar-refractivity contribution is -0.106. The second-order valence-corrected chi connectivity index (χ2v) is 16.4. The second kappa shape index (κ2) is 19.4. The molecule has 292 valence electrons. The van der Waals surface area contributed by atoms with Crippen LogP contribution in [0.15, 0.2) is 21.9 Å². The molecule has 3 nitrogen and oxygen atoms in total. The van der Waals surface area contributed by atoms with E-state index in [-0.39, 0.29) is 73.6 Å². The molecule has 0 aliphatic rings. The smallest absolute Gasteiger partial charge is 0.441 e. The summed E-state index contributed by atoms with van der Waals surface area (Å²) in [4.78, 5) is -1.67. The van der Waals surface area contributed by atoms with E-state index in [9.17, 15) is 61.1 Å². The number of rotatable bonds is 18. The van der Waals surface area contributed by atoms with Crippen LogP contribution in [-0.2, 0) is 34.4 Å². The highest BCUT2D eigenvalue weighted by molar-refractivity contribution is 8.00. The average molecular weight is 876 g/mol. The van der Waals surface area contributed by atoms with E-state index < -0.39 is 123 Å². The Bertz CT molecular complexity index is 1420. The van der Waals surface area contributed by atoms with Gasteiger partial charge in [-0.2, -0.15) is 52.7 Å². The van der Waals surface area contributed by atoms with Crippen molar-refractivity contribution in [1.82, 2.24) is 0 Å². The molecule has 0 fully saturated rings. The van der Waals surface area contributed by atoms with Crippen molar-refractivity contribution in [3.05, 3.63) is 44.9 Å². The molecule has 0 amide bonds. The second-order valence-electron chi connectivity index (χ2n) is 10.5. The van der Waals surface area contributed by atoms with Gasteiger partial charge in [0.1, 0.15) is 11.5 Å². The fourth-order valence-corrected chi connectivity index (χ4v) is 8.48. The van der Waals surface area contributed by atoms with Crippen molar-refractivity contribution >= 4 is 68.3 Å².